The van der Waals surface area contributed by atoms with Gasteiger partial charge in [0.1, 0.15) is 6.10 Å². The Morgan fingerprint density at radius 3 is 2.00 bits per heavy atom. The van der Waals surface area contributed by atoms with Crippen molar-refractivity contribution in [2.45, 2.75) is 26.9 Å². The minimum atomic E-state index is -0.484. The molecule has 0 heterocycles. The smallest absolute Gasteiger partial charge is 0.311 e. The zero-order chi connectivity index (χ0) is 9.78. The number of ether oxygens (including phenoxy) is 1. The lowest BCUT2D eigenvalue weighted by atomic mass is 9.97. The molecule has 0 aliphatic heterocycles. The van der Waals surface area contributed by atoms with E-state index in [4.69, 9.17) is 16.2 Å². The molecule has 0 aliphatic carbocycles. The largest absolute Gasteiger partial charge is 0.459 e. The van der Waals surface area contributed by atoms with Crippen molar-refractivity contribution in [3.05, 3.63) is 0 Å². The van der Waals surface area contributed by atoms with Gasteiger partial charge in [-0.3, -0.25) is 4.79 Å². The van der Waals surface area contributed by atoms with Crippen LogP contribution in [0, 0.1) is 5.41 Å². The number of hydrogen-bond acceptors (Lipinski definition) is 4. The van der Waals surface area contributed by atoms with Crippen molar-refractivity contribution < 1.29 is 9.53 Å². The number of carbonyl (C=O) groups excluding carboxylic acids is 1. The van der Waals surface area contributed by atoms with Gasteiger partial charge >= 0.3 is 5.97 Å². The SMILES string of the molecule is CC(C)(C)C(=O)OC(CN)CN. The number of nitrogens with two attached hydrogens (primary N) is 2. The number of carbonyl (C=O) groups is 1. The molecule has 0 aromatic carbocycles. The van der Waals surface area contributed by atoms with Gasteiger partial charge in [0.25, 0.3) is 0 Å². The molecule has 0 atom stereocenters. The highest BCUT2D eigenvalue weighted by molar-refractivity contribution is 5.75. The summed E-state index contributed by atoms with van der Waals surface area (Å²) in [6, 6.07) is 0. The third-order valence-electron chi connectivity index (χ3n) is 1.41. The molecule has 0 radical (unpaired) electrons. The second kappa shape index (κ2) is 4.42. The molecule has 0 aromatic rings. The zero-order valence-corrected chi connectivity index (χ0v) is 7.96. The maximum absolute atomic E-state index is 11.3. The van der Waals surface area contributed by atoms with Crippen LogP contribution in [-0.4, -0.2) is 25.2 Å². The van der Waals surface area contributed by atoms with Crippen molar-refractivity contribution in [2.75, 3.05) is 13.1 Å². The van der Waals surface area contributed by atoms with E-state index in [0.717, 1.165) is 0 Å². The summed E-state index contributed by atoms with van der Waals surface area (Å²) in [5.41, 5.74) is 10.2. The fourth-order valence-electron chi connectivity index (χ4n) is 0.521. The van der Waals surface area contributed by atoms with Crippen LogP contribution in [0.25, 0.3) is 0 Å². The Hall–Kier alpha value is -0.610. The van der Waals surface area contributed by atoms with E-state index in [-0.39, 0.29) is 25.2 Å². The summed E-state index contributed by atoms with van der Waals surface area (Å²) in [5.74, 6) is -0.261. The first-order valence-electron chi connectivity index (χ1n) is 4.03. The molecule has 0 aromatic heterocycles. The summed E-state index contributed by atoms with van der Waals surface area (Å²) >= 11 is 0. The topological polar surface area (TPSA) is 78.3 Å². The first kappa shape index (κ1) is 11.4. The normalized spacial score (nSPS) is 11.8. The molecule has 0 aliphatic rings. The second-order valence-corrected chi connectivity index (χ2v) is 3.75. The summed E-state index contributed by atoms with van der Waals surface area (Å²) < 4.78 is 5.02. The van der Waals surface area contributed by atoms with E-state index in [1.54, 1.807) is 20.8 Å². The minimum Gasteiger partial charge on any atom is -0.459 e. The van der Waals surface area contributed by atoms with Crippen LogP contribution >= 0.6 is 0 Å². The molecule has 0 unspecified atom stereocenters. The molecule has 72 valence electrons. The van der Waals surface area contributed by atoms with Crippen LogP contribution in [0.4, 0.5) is 0 Å². The van der Waals surface area contributed by atoms with Crippen LogP contribution in [0.2, 0.25) is 0 Å². The number of rotatable bonds is 3. The van der Waals surface area contributed by atoms with Gasteiger partial charge in [0.2, 0.25) is 0 Å². The second-order valence-electron chi connectivity index (χ2n) is 3.75. The van der Waals surface area contributed by atoms with E-state index < -0.39 is 5.41 Å². The third-order valence-corrected chi connectivity index (χ3v) is 1.41. The van der Waals surface area contributed by atoms with Crippen LogP contribution in [0.15, 0.2) is 0 Å². The van der Waals surface area contributed by atoms with Crippen LogP contribution in [0.3, 0.4) is 0 Å². The average Bonchev–Trinajstić information content (AvgIpc) is 1.97. The summed E-state index contributed by atoms with van der Waals surface area (Å²) in [7, 11) is 0. The molecule has 0 bridgehead atoms. The Balaban J connectivity index is 3.99. The summed E-state index contributed by atoms with van der Waals surface area (Å²) in [6.45, 7) is 5.93. The summed E-state index contributed by atoms with van der Waals surface area (Å²) in [4.78, 5) is 11.3. The van der Waals surface area contributed by atoms with Gasteiger partial charge in [0.15, 0.2) is 0 Å². The number of esters is 1. The van der Waals surface area contributed by atoms with Gasteiger partial charge < -0.3 is 16.2 Å². The van der Waals surface area contributed by atoms with E-state index in [1.807, 2.05) is 0 Å². The predicted octanol–water partition coefficient (Wildman–Crippen LogP) is -0.138. The summed E-state index contributed by atoms with van der Waals surface area (Å²) in [6.07, 6.45) is -0.350. The molecule has 4 nitrogen and oxygen atoms in total. The average molecular weight is 174 g/mol. The fraction of sp³-hybridized carbons (Fsp3) is 0.875. The Kier molecular flexibility index (Phi) is 4.20. The maximum atomic E-state index is 11.3. The van der Waals surface area contributed by atoms with Gasteiger partial charge in [-0.05, 0) is 20.8 Å². The minimum absolute atomic E-state index is 0.261. The van der Waals surface area contributed by atoms with Crippen molar-refractivity contribution in [3.63, 3.8) is 0 Å². The Labute approximate surface area is 73.2 Å². The van der Waals surface area contributed by atoms with Gasteiger partial charge in [-0.15, -0.1) is 0 Å². The molecule has 12 heavy (non-hydrogen) atoms. The molecule has 0 saturated carbocycles. The van der Waals surface area contributed by atoms with E-state index in [9.17, 15) is 4.79 Å². The first-order valence-corrected chi connectivity index (χ1v) is 4.03. The van der Waals surface area contributed by atoms with Gasteiger partial charge in [-0.1, -0.05) is 0 Å². The van der Waals surface area contributed by atoms with Crippen molar-refractivity contribution in [1.82, 2.24) is 0 Å². The molecule has 0 saturated heterocycles. The van der Waals surface area contributed by atoms with Crippen molar-refractivity contribution >= 4 is 5.97 Å². The predicted molar refractivity (Wildman–Crippen MR) is 47.4 cm³/mol. The first-order chi connectivity index (χ1) is 5.41. The Morgan fingerprint density at radius 1 is 1.33 bits per heavy atom. The van der Waals surface area contributed by atoms with Gasteiger partial charge in [0, 0.05) is 13.1 Å². The van der Waals surface area contributed by atoms with Gasteiger partial charge in [-0.25, -0.2) is 0 Å². The van der Waals surface area contributed by atoms with E-state index >= 15 is 0 Å². The number of hydrogen-bond donors (Lipinski definition) is 2. The van der Waals surface area contributed by atoms with Gasteiger partial charge in [-0.2, -0.15) is 0 Å². The van der Waals surface area contributed by atoms with Crippen LogP contribution in [0.1, 0.15) is 20.8 Å². The van der Waals surface area contributed by atoms with E-state index in [1.165, 1.54) is 0 Å². The molecule has 4 N–H and O–H groups in total. The van der Waals surface area contributed by atoms with Crippen molar-refractivity contribution in [3.8, 4) is 0 Å². The molecule has 4 heteroatoms. The highest BCUT2D eigenvalue weighted by Crippen LogP contribution is 2.15. The lowest BCUT2D eigenvalue weighted by Gasteiger charge is -2.21. The standard InChI is InChI=1S/C8H18N2O2/c1-8(2,3)7(11)12-6(4-9)5-10/h6H,4-5,9-10H2,1-3H3. The molecule has 0 rings (SSSR count). The molecule has 0 spiro atoms. The van der Waals surface area contributed by atoms with Crippen molar-refractivity contribution in [2.24, 2.45) is 16.9 Å². The molecule has 0 fully saturated rings. The zero-order valence-electron chi connectivity index (χ0n) is 7.96. The maximum Gasteiger partial charge on any atom is 0.311 e. The van der Waals surface area contributed by atoms with Crippen LogP contribution in [-0.2, 0) is 9.53 Å². The highest BCUT2D eigenvalue weighted by Gasteiger charge is 2.25. The molecular weight excluding hydrogens is 156 g/mol. The van der Waals surface area contributed by atoms with E-state index in [2.05, 4.69) is 0 Å². The van der Waals surface area contributed by atoms with Crippen molar-refractivity contribution in [1.29, 1.82) is 0 Å². The van der Waals surface area contributed by atoms with Crippen LogP contribution < -0.4 is 11.5 Å². The molecular formula is C8H18N2O2. The quantitative estimate of drug-likeness (QED) is 0.584. The lowest BCUT2D eigenvalue weighted by Crippen LogP contribution is -2.37. The monoisotopic (exact) mass is 174 g/mol. The Bertz CT molecular complexity index is 148. The highest BCUT2D eigenvalue weighted by atomic mass is 16.5. The van der Waals surface area contributed by atoms with Gasteiger partial charge in [0.05, 0.1) is 5.41 Å². The van der Waals surface area contributed by atoms with Crippen LogP contribution in [0.5, 0.6) is 0 Å². The third kappa shape index (κ3) is 3.69. The fourth-order valence-corrected chi connectivity index (χ4v) is 0.521. The molecule has 0 amide bonds. The van der Waals surface area contributed by atoms with E-state index in [0.29, 0.717) is 0 Å². The summed E-state index contributed by atoms with van der Waals surface area (Å²) in [5, 5.41) is 0. The Morgan fingerprint density at radius 2 is 1.75 bits per heavy atom. The lowest BCUT2D eigenvalue weighted by molar-refractivity contribution is -0.157.